The van der Waals surface area contributed by atoms with Gasteiger partial charge in [-0.2, -0.15) is 0 Å². The summed E-state index contributed by atoms with van der Waals surface area (Å²) in [7, 11) is 3.18. The number of carbonyl (C=O) groups is 2. The summed E-state index contributed by atoms with van der Waals surface area (Å²) in [6.45, 7) is 1.19. The maximum absolute atomic E-state index is 11.9. The molecule has 1 rings (SSSR count). The Labute approximate surface area is 118 Å². The number of rotatable bonds is 7. The second-order valence-electron chi connectivity index (χ2n) is 4.31. The molecule has 6 heteroatoms. The molecule has 0 atom stereocenters. The van der Waals surface area contributed by atoms with E-state index in [0.717, 1.165) is 12.8 Å². The molecule has 2 N–H and O–H groups in total. The van der Waals surface area contributed by atoms with Crippen molar-refractivity contribution in [1.82, 2.24) is 5.32 Å². The number of aromatic carboxylic acids is 1. The number of ether oxygens (including phenoxy) is 1. The average molecular weight is 280 g/mol. The first-order valence-corrected chi connectivity index (χ1v) is 6.40. The predicted octanol–water partition coefficient (Wildman–Crippen LogP) is 1.96. The summed E-state index contributed by atoms with van der Waals surface area (Å²) in [6, 6.07) is 6.08. The molecule has 0 radical (unpaired) electrons. The summed E-state index contributed by atoms with van der Waals surface area (Å²) >= 11 is 0. The number of nitrogens with one attached hydrogen (secondary N) is 1. The Balaban J connectivity index is 2.59. The lowest BCUT2D eigenvalue weighted by molar-refractivity contribution is 0.0697. The number of benzene rings is 1. The van der Waals surface area contributed by atoms with E-state index in [1.54, 1.807) is 32.4 Å². The van der Waals surface area contributed by atoms with E-state index < -0.39 is 5.97 Å². The van der Waals surface area contributed by atoms with Crippen LogP contribution in [-0.4, -0.2) is 44.4 Å². The molecule has 0 heterocycles. The molecule has 1 aromatic carbocycles. The lowest BCUT2D eigenvalue weighted by Crippen LogP contribution is -2.38. The Hall–Kier alpha value is -2.08. The van der Waals surface area contributed by atoms with Crippen molar-refractivity contribution in [1.29, 1.82) is 0 Å². The van der Waals surface area contributed by atoms with Gasteiger partial charge in [-0.15, -0.1) is 0 Å². The van der Waals surface area contributed by atoms with Crippen molar-refractivity contribution in [2.45, 2.75) is 12.8 Å². The van der Waals surface area contributed by atoms with Crippen LogP contribution in [0, 0.1) is 0 Å². The van der Waals surface area contributed by atoms with E-state index >= 15 is 0 Å². The molecule has 0 aliphatic heterocycles. The highest BCUT2D eigenvalue weighted by Crippen LogP contribution is 2.19. The van der Waals surface area contributed by atoms with Crippen molar-refractivity contribution in [3.63, 3.8) is 0 Å². The van der Waals surface area contributed by atoms with Crippen LogP contribution in [0.15, 0.2) is 24.3 Å². The predicted molar refractivity (Wildman–Crippen MR) is 76.3 cm³/mol. The Morgan fingerprint density at radius 2 is 2.00 bits per heavy atom. The Morgan fingerprint density at radius 3 is 2.65 bits per heavy atom. The van der Waals surface area contributed by atoms with Gasteiger partial charge in [-0.1, -0.05) is 12.1 Å². The maximum Gasteiger partial charge on any atom is 0.337 e. The minimum atomic E-state index is -1.06. The van der Waals surface area contributed by atoms with Gasteiger partial charge in [0.05, 0.1) is 11.3 Å². The molecule has 20 heavy (non-hydrogen) atoms. The fourth-order valence-electron chi connectivity index (χ4n) is 1.74. The number of hydrogen-bond acceptors (Lipinski definition) is 3. The minimum absolute atomic E-state index is 0.101. The van der Waals surface area contributed by atoms with Crippen LogP contribution in [0.3, 0.4) is 0 Å². The average Bonchev–Trinajstić information content (AvgIpc) is 2.46. The molecule has 0 aliphatic rings. The first-order chi connectivity index (χ1) is 9.57. The molecule has 0 saturated heterocycles. The molecule has 0 spiro atoms. The molecule has 0 bridgehead atoms. The molecule has 0 fully saturated rings. The van der Waals surface area contributed by atoms with E-state index in [1.807, 2.05) is 0 Å². The van der Waals surface area contributed by atoms with Crippen molar-refractivity contribution >= 4 is 17.7 Å². The minimum Gasteiger partial charge on any atom is -0.478 e. The fraction of sp³-hybridized carbons (Fsp3) is 0.429. The van der Waals surface area contributed by atoms with E-state index in [9.17, 15) is 9.59 Å². The van der Waals surface area contributed by atoms with Gasteiger partial charge < -0.3 is 15.2 Å². The normalized spacial score (nSPS) is 10.1. The van der Waals surface area contributed by atoms with E-state index in [2.05, 4.69) is 5.32 Å². The number of para-hydroxylation sites is 1. The summed E-state index contributed by atoms with van der Waals surface area (Å²) in [4.78, 5) is 24.4. The van der Waals surface area contributed by atoms with Crippen LogP contribution in [-0.2, 0) is 4.74 Å². The lowest BCUT2D eigenvalue weighted by Gasteiger charge is -2.19. The number of hydrogen-bond donors (Lipinski definition) is 2. The quantitative estimate of drug-likeness (QED) is 0.748. The van der Waals surface area contributed by atoms with Crippen molar-refractivity contribution in [2.75, 3.05) is 32.2 Å². The Bertz CT molecular complexity index is 462. The van der Waals surface area contributed by atoms with Crippen LogP contribution in [0.2, 0.25) is 0 Å². The topological polar surface area (TPSA) is 78.9 Å². The van der Waals surface area contributed by atoms with Crippen LogP contribution < -0.4 is 10.2 Å². The molecule has 1 aromatic rings. The highest BCUT2D eigenvalue weighted by molar-refractivity contribution is 6.01. The number of carbonyl (C=O) groups excluding carboxylic acids is 1. The van der Waals surface area contributed by atoms with Gasteiger partial charge >= 0.3 is 12.0 Å². The number of amides is 2. The van der Waals surface area contributed by atoms with E-state index in [4.69, 9.17) is 9.84 Å². The third kappa shape index (κ3) is 4.55. The number of unbranched alkanes of at least 4 members (excludes halogenated alkanes) is 1. The summed E-state index contributed by atoms with van der Waals surface area (Å²) < 4.78 is 4.92. The first-order valence-electron chi connectivity index (χ1n) is 6.40. The number of carboxylic acid groups (broad SMARTS) is 1. The van der Waals surface area contributed by atoms with Crippen molar-refractivity contribution in [3.05, 3.63) is 29.8 Å². The van der Waals surface area contributed by atoms with E-state index in [0.29, 0.717) is 18.8 Å². The summed E-state index contributed by atoms with van der Waals surface area (Å²) in [6.07, 6.45) is 1.68. The zero-order chi connectivity index (χ0) is 15.0. The number of nitrogens with zero attached hydrogens (tertiary/aromatic N) is 1. The van der Waals surface area contributed by atoms with E-state index in [1.165, 1.54) is 11.0 Å². The van der Waals surface area contributed by atoms with Crippen LogP contribution in [0.4, 0.5) is 10.5 Å². The summed E-state index contributed by atoms with van der Waals surface area (Å²) in [5.74, 6) is -1.06. The molecule has 0 saturated carbocycles. The van der Waals surface area contributed by atoms with Gasteiger partial charge in [0.25, 0.3) is 0 Å². The second-order valence-corrected chi connectivity index (χ2v) is 4.31. The van der Waals surface area contributed by atoms with Gasteiger partial charge in [0.1, 0.15) is 0 Å². The van der Waals surface area contributed by atoms with Gasteiger partial charge in [0.15, 0.2) is 0 Å². The number of anilines is 1. The lowest BCUT2D eigenvalue weighted by atomic mass is 10.1. The molecule has 110 valence electrons. The van der Waals surface area contributed by atoms with Gasteiger partial charge in [-0.25, -0.2) is 9.59 Å². The monoisotopic (exact) mass is 280 g/mol. The fourth-order valence-corrected chi connectivity index (χ4v) is 1.74. The number of urea groups is 1. The third-order valence-electron chi connectivity index (χ3n) is 2.85. The zero-order valence-corrected chi connectivity index (χ0v) is 11.8. The Kier molecular flexibility index (Phi) is 6.52. The highest BCUT2D eigenvalue weighted by Gasteiger charge is 2.17. The maximum atomic E-state index is 11.9. The van der Waals surface area contributed by atoms with Gasteiger partial charge in [-0.05, 0) is 25.0 Å². The SMILES string of the molecule is COCCCCNC(=O)N(C)c1ccccc1C(=O)O. The van der Waals surface area contributed by atoms with Gasteiger partial charge in [0, 0.05) is 27.3 Å². The number of carboxylic acids is 1. The molecule has 2 amide bonds. The van der Waals surface area contributed by atoms with Crippen LogP contribution in [0.5, 0.6) is 0 Å². The van der Waals surface area contributed by atoms with Crippen LogP contribution in [0.1, 0.15) is 23.2 Å². The molecular weight excluding hydrogens is 260 g/mol. The van der Waals surface area contributed by atoms with Crippen molar-refractivity contribution in [3.8, 4) is 0 Å². The largest absolute Gasteiger partial charge is 0.478 e. The van der Waals surface area contributed by atoms with Gasteiger partial charge in [0.2, 0.25) is 0 Å². The second kappa shape index (κ2) is 8.16. The van der Waals surface area contributed by atoms with E-state index in [-0.39, 0.29) is 11.6 Å². The molecule has 0 aromatic heterocycles. The van der Waals surface area contributed by atoms with Crippen molar-refractivity contribution < 1.29 is 19.4 Å². The van der Waals surface area contributed by atoms with Crippen LogP contribution in [0.25, 0.3) is 0 Å². The third-order valence-corrected chi connectivity index (χ3v) is 2.85. The summed E-state index contributed by atoms with van der Waals surface area (Å²) in [5, 5.41) is 11.8. The smallest absolute Gasteiger partial charge is 0.337 e. The standard InChI is InChI=1S/C14H20N2O4/c1-16(14(19)15-9-5-6-10-20-2)12-8-4-3-7-11(12)13(17)18/h3-4,7-8H,5-6,9-10H2,1-2H3,(H,15,19)(H,17,18). The Morgan fingerprint density at radius 1 is 1.30 bits per heavy atom. The van der Waals surface area contributed by atoms with Crippen LogP contribution >= 0.6 is 0 Å². The highest BCUT2D eigenvalue weighted by atomic mass is 16.5. The molecule has 0 unspecified atom stereocenters. The van der Waals surface area contributed by atoms with Gasteiger partial charge in [-0.3, -0.25) is 4.90 Å². The first kappa shape index (κ1) is 16.0. The zero-order valence-electron chi connectivity index (χ0n) is 11.8. The van der Waals surface area contributed by atoms with Crippen molar-refractivity contribution in [2.24, 2.45) is 0 Å². The molecular formula is C14H20N2O4. The molecule has 0 aliphatic carbocycles. The molecule has 6 nitrogen and oxygen atoms in total. The summed E-state index contributed by atoms with van der Waals surface area (Å²) in [5.41, 5.74) is 0.471. The number of methoxy groups -OCH3 is 1.